The van der Waals surface area contributed by atoms with Gasteiger partial charge < -0.3 is 14.6 Å². The van der Waals surface area contributed by atoms with Gasteiger partial charge in [0.25, 0.3) is 0 Å². The van der Waals surface area contributed by atoms with E-state index >= 15 is 0 Å². The van der Waals surface area contributed by atoms with E-state index < -0.39 is 6.10 Å². The van der Waals surface area contributed by atoms with Crippen LogP contribution in [0.2, 0.25) is 0 Å². The van der Waals surface area contributed by atoms with E-state index in [1.165, 1.54) is 0 Å². The van der Waals surface area contributed by atoms with Crippen LogP contribution in [-0.2, 0) is 11.3 Å². The first-order chi connectivity index (χ1) is 10.1. The second-order valence-electron chi connectivity index (χ2n) is 4.73. The number of halogens is 1. The SMILES string of the molecule is COCCn1ncc(Br)c1C(O)c1ccc(OC)c(C)c1. The third kappa shape index (κ3) is 3.45. The van der Waals surface area contributed by atoms with Gasteiger partial charge in [-0.15, -0.1) is 0 Å². The molecular formula is C15H19BrN2O3. The van der Waals surface area contributed by atoms with Gasteiger partial charge in [-0.1, -0.05) is 6.07 Å². The molecule has 114 valence electrons. The van der Waals surface area contributed by atoms with Gasteiger partial charge in [0.1, 0.15) is 11.9 Å². The summed E-state index contributed by atoms with van der Waals surface area (Å²) < 4.78 is 12.8. The van der Waals surface area contributed by atoms with Gasteiger partial charge >= 0.3 is 0 Å². The zero-order valence-corrected chi connectivity index (χ0v) is 13.9. The third-order valence-corrected chi connectivity index (χ3v) is 3.95. The smallest absolute Gasteiger partial charge is 0.122 e. The van der Waals surface area contributed by atoms with Crippen LogP contribution in [0, 0.1) is 6.92 Å². The first-order valence-corrected chi connectivity index (χ1v) is 7.40. The summed E-state index contributed by atoms with van der Waals surface area (Å²) >= 11 is 3.44. The van der Waals surface area contributed by atoms with Crippen LogP contribution in [0.3, 0.4) is 0 Å². The van der Waals surface area contributed by atoms with Gasteiger partial charge in [0.05, 0.1) is 36.6 Å². The molecule has 0 spiro atoms. The molecule has 5 nitrogen and oxygen atoms in total. The summed E-state index contributed by atoms with van der Waals surface area (Å²) in [7, 11) is 3.27. The van der Waals surface area contributed by atoms with Crippen molar-refractivity contribution < 1.29 is 14.6 Å². The van der Waals surface area contributed by atoms with E-state index in [0.29, 0.717) is 13.2 Å². The zero-order chi connectivity index (χ0) is 15.4. The number of aliphatic hydroxyl groups excluding tert-OH is 1. The van der Waals surface area contributed by atoms with Crippen LogP contribution >= 0.6 is 15.9 Å². The lowest BCUT2D eigenvalue weighted by Gasteiger charge is -2.16. The fourth-order valence-electron chi connectivity index (χ4n) is 2.23. The number of aryl methyl sites for hydroxylation is 1. The summed E-state index contributed by atoms with van der Waals surface area (Å²) in [6.45, 7) is 3.07. The molecule has 0 bridgehead atoms. The van der Waals surface area contributed by atoms with E-state index in [0.717, 1.165) is 27.0 Å². The molecule has 0 aliphatic heterocycles. The summed E-state index contributed by atoms with van der Waals surface area (Å²) in [6.07, 6.45) is 0.924. The minimum absolute atomic E-state index is 0.537. The number of aliphatic hydroxyl groups is 1. The molecule has 2 aromatic rings. The Bertz CT molecular complexity index is 613. The van der Waals surface area contributed by atoms with Gasteiger partial charge in [0.15, 0.2) is 0 Å². The maximum atomic E-state index is 10.7. The first-order valence-electron chi connectivity index (χ1n) is 6.61. The van der Waals surface area contributed by atoms with Crippen molar-refractivity contribution in [2.75, 3.05) is 20.8 Å². The molecule has 1 N–H and O–H groups in total. The number of ether oxygens (including phenoxy) is 2. The van der Waals surface area contributed by atoms with Crippen molar-refractivity contribution in [2.45, 2.75) is 19.6 Å². The molecule has 0 radical (unpaired) electrons. The van der Waals surface area contributed by atoms with Gasteiger partial charge in [0.2, 0.25) is 0 Å². The van der Waals surface area contributed by atoms with Crippen molar-refractivity contribution in [1.29, 1.82) is 0 Å². The van der Waals surface area contributed by atoms with Crippen molar-refractivity contribution in [1.82, 2.24) is 9.78 Å². The molecule has 0 amide bonds. The summed E-state index contributed by atoms with van der Waals surface area (Å²) in [6, 6.07) is 5.64. The molecule has 21 heavy (non-hydrogen) atoms. The van der Waals surface area contributed by atoms with E-state index in [1.807, 2.05) is 25.1 Å². The molecule has 2 rings (SSSR count). The van der Waals surface area contributed by atoms with E-state index in [2.05, 4.69) is 21.0 Å². The van der Waals surface area contributed by atoms with Crippen LogP contribution in [0.5, 0.6) is 5.75 Å². The van der Waals surface area contributed by atoms with E-state index in [9.17, 15) is 5.11 Å². The Balaban J connectivity index is 2.33. The number of aromatic nitrogens is 2. The Kier molecular flexibility index (Phi) is 5.39. The van der Waals surface area contributed by atoms with Crippen molar-refractivity contribution in [3.05, 3.63) is 45.7 Å². The molecule has 0 saturated carbocycles. The van der Waals surface area contributed by atoms with E-state index in [-0.39, 0.29) is 0 Å². The molecule has 1 heterocycles. The lowest BCUT2D eigenvalue weighted by atomic mass is 10.0. The molecule has 0 aliphatic carbocycles. The molecule has 6 heteroatoms. The standard InChI is InChI=1S/C15H19BrN2O3/c1-10-8-11(4-5-13(10)21-3)15(19)14-12(16)9-17-18(14)6-7-20-2/h4-5,8-9,15,19H,6-7H2,1-3H3. The fourth-order valence-corrected chi connectivity index (χ4v) is 2.74. The lowest BCUT2D eigenvalue weighted by Crippen LogP contribution is -2.13. The highest BCUT2D eigenvalue weighted by molar-refractivity contribution is 9.10. The number of hydrogen-bond acceptors (Lipinski definition) is 4. The van der Waals surface area contributed by atoms with E-state index in [1.54, 1.807) is 25.1 Å². The topological polar surface area (TPSA) is 56.5 Å². The highest BCUT2D eigenvalue weighted by atomic mass is 79.9. The molecule has 0 fully saturated rings. The van der Waals surface area contributed by atoms with Crippen LogP contribution in [0.25, 0.3) is 0 Å². The number of nitrogens with zero attached hydrogens (tertiary/aromatic N) is 2. The van der Waals surface area contributed by atoms with Crippen molar-refractivity contribution >= 4 is 15.9 Å². The molecular weight excluding hydrogens is 336 g/mol. The molecule has 1 aromatic carbocycles. The monoisotopic (exact) mass is 354 g/mol. The Labute approximate surface area is 132 Å². The summed E-state index contributed by atoms with van der Waals surface area (Å²) in [5, 5.41) is 14.9. The quantitative estimate of drug-likeness (QED) is 0.866. The Morgan fingerprint density at radius 2 is 2.14 bits per heavy atom. The third-order valence-electron chi connectivity index (χ3n) is 3.33. The summed E-state index contributed by atoms with van der Waals surface area (Å²) in [5.74, 6) is 0.804. The van der Waals surface area contributed by atoms with Crippen molar-refractivity contribution in [3.63, 3.8) is 0 Å². The van der Waals surface area contributed by atoms with Crippen LogP contribution in [0.1, 0.15) is 22.9 Å². The molecule has 0 saturated heterocycles. The predicted molar refractivity (Wildman–Crippen MR) is 83.6 cm³/mol. The number of rotatable bonds is 6. The Morgan fingerprint density at radius 1 is 1.38 bits per heavy atom. The summed E-state index contributed by atoms with van der Waals surface area (Å²) in [5.41, 5.74) is 2.50. The summed E-state index contributed by atoms with van der Waals surface area (Å²) in [4.78, 5) is 0. The van der Waals surface area contributed by atoms with E-state index in [4.69, 9.17) is 9.47 Å². The maximum absolute atomic E-state index is 10.7. The minimum atomic E-state index is -0.761. The van der Waals surface area contributed by atoms with Gasteiger partial charge in [-0.25, -0.2) is 0 Å². The Hall–Kier alpha value is -1.37. The lowest BCUT2D eigenvalue weighted by molar-refractivity contribution is 0.171. The highest BCUT2D eigenvalue weighted by Gasteiger charge is 2.20. The number of methoxy groups -OCH3 is 2. The largest absolute Gasteiger partial charge is 0.496 e. The van der Waals surface area contributed by atoms with Crippen LogP contribution in [0.4, 0.5) is 0 Å². The second kappa shape index (κ2) is 7.06. The van der Waals surface area contributed by atoms with Gasteiger partial charge in [-0.05, 0) is 46.1 Å². The number of hydrogen-bond donors (Lipinski definition) is 1. The van der Waals surface area contributed by atoms with Crippen molar-refractivity contribution in [2.24, 2.45) is 0 Å². The second-order valence-corrected chi connectivity index (χ2v) is 5.58. The van der Waals surface area contributed by atoms with Crippen LogP contribution in [-0.4, -0.2) is 35.7 Å². The number of benzene rings is 1. The van der Waals surface area contributed by atoms with Gasteiger partial charge in [-0.2, -0.15) is 5.10 Å². The van der Waals surface area contributed by atoms with Crippen LogP contribution < -0.4 is 4.74 Å². The normalized spacial score (nSPS) is 12.4. The Morgan fingerprint density at radius 3 is 2.76 bits per heavy atom. The van der Waals surface area contributed by atoms with Crippen molar-refractivity contribution in [3.8, 4) is 5.75 Å². The maximum Gasteiger partial charge on any atom is 0.122 e. The first kappa shape index (κ1) is 16.0. The van der Waals surface area contributed by atoms with Gasteiger partial charge in [-0.3, -0.25) is 4.68 Å². The molecule has 1 unspecified atom stereocenters. The minimum Gasteiger partial charge on any atom is -0.496 e. The molecule has 1 aromatic heterocycles. The van der Waals surface area contributed by atoms with Crippen LogP contribution in [0.15, 0.2) is 28.9 Å². The highest BCUT2D eigenvalue weighted by Crippen LogP contribution is 2.30. The zero-order valence-electron chi connectivity index (χ0n) is 12.3. The van der Waals surface area contributed by atoms with Gasteiger partial charge in [0, 0.05) is 7.11 Å². The predicted octanol–water partition coefficient (Wildman–Crippen LogP) is 2.69. The average molecular weight is 355 g/mol. The molecule has 0 aliphatic rings. The molecule has 1 atom stereocenters. The fraction of sp³-hybridized carbons (Fsp3) is 0.400. The average Bonchev–Trinajstić information content (AvgIpc) is 2.85.